The smallest absolute Gasteiger partial charge is 0.0114 e. The lowest BCUT2D eigenvalue weighted by atomic mass is 9.80. The maximum atomic E-state index is 2.46. The predicted octanol–water partition coefficient (Wildman–Crippen LogP) is 9.55. The molecule has 0 heteroatoms. The van der Waals surface area contributed by atoms with E-state index in [0.717, 1.165) is 0 Å². The number of fused-ring (bicyclic) bond motifs is 1. The van der Waals surface area contributed by atoms with Crippen LogP contribution in [0.4, 0.5) is 0 Å². The van der Waals surface area contributed by atoms with E-state index in [-0.39, 0.29) is 0 Å². The Morgan fingerprint density at radius 3 is 1.43 bits per heavy atom. The van der Waals surface area contributed by atoms with Crippen molar-refractivity contribution in [2.24, 2.45) is 0 Å². The van der Waals surface area contributed by atoms with Gasteiger partial charge in [0.25, 0.3) is 0 Å². The number of hydrogen-bond donors (Lipinski definition) is 0. The van der Waals surface area contributed by atoms with Crippen LogP contribution < -0.4 is 0 Å². The molecular weight excluding hydrogens is 360 g/mol. The van der Waals surface area contributed by atoms with Crippen molar-refractivity contribution < 1.29 is 0 Å². The van der Waals surface area contributed by atoms with Crippen LogP contribution in [0.2, 0.25) is 0 Å². The zero-order valence-electron chi connectivity index (χ0n) is 20.8. The first-order valence-electron chi connectivity index (χ1n) is 13.3. The van der Waals surface area contributed by atoms with Gasteiger partial charge in [-0.1, -0.05) is 84.9 Å². The molecule has 168 valence electrons. The third-order valence-electron chi connectivity index (χ3n) is 6.79. The van der Waals surface area contributed by atoms with Crippen molar-refractivity contribution >= 4 is 10.8 Å². The number of hydrogen-bond acceptors (Lipinski definition) is 0. The maximum absolute atomic E-state index is 2.46. The molecule has 2 aromatic rings. The fourth-order valence-corrected chi connectivity index (χ4v) is 5.04. The monoisotopic (exact) mass is 408 g/mol. The zero-order chi connectivity index (χ0) is 21.8. The van der Waals surface area contributed by atoms with E-state index >= 15 is 0 Å². The molecule has 0 nitrogen and oxygen atoms in total. The summed E-state index contributed by atoms with van der Waals surface area (Å²) in [6.07, 6.45) is 19.3. The molecule has 0 spiro atoms. The molecule has 0 heterocycles. The van der Waals surface area contributed by atoms with Gasteiger partial charge in [0, 0.05) is 0 Å². The van der Waals surface area contributed by atoms with Crippen LogP contribution in [0.15, 0.2) is 18.2 Å². The van der Waals surface area contributed by atoms with Crippen molar-refractivity contribution in [2.45, 2.75) is 131 Å². The molecule has 2 aromatic carbocycles. The van der Waals surface area contributed by atoms with Gasteiger partial charge >= 0.3 is 0 Å². The molecule has 0 N–H and O–H groups in total. The summed E-state index contributed by atoms with van der Waals surface area (Å²) in [7, 11) is 0. The number of benzene rings is 2. The van der Waals surface area contributed by atoms with Gasteiger partial charge in [-0.2, -0.15) is 0 Å². The summed E-state index contributed by atoms with van der Waals surface area (Å²) in [4.78, 5) is 0. The van der Waals surface area contributed by atoms with Gasteiger partial charge in [-0.25, -0.2) is 0 Å². The van der Waals surface area contributed by atoms with Gasteiger partial charge in [-0.15, -0.1) is 0 Å². The first-order chi connectivity index (χ1) is 14.7. The molecule has 0 atom stereocenters. The maximum Gasteiger partial charge on any atom is -0.0114 e. The van der Waals surface area contributed by atoms with Gasteiger partial charge in [0.05, 0.1) is 0 Å². The van der Waals surface area contributed by atoms with Crippen LogP contribution in [-0.2, 0) is 32.1 Å². The van der Waals surface area contributed by atoms with Crippen LogP contribution in [0.1, 0.15) is 127 Å². The molecule has 0 aliphatic rings. The lowest BCUT2D eigenvalue weighted by molar-refractivity contribution is 0.723. The lowest BCUT2D eigenvalue weighted by Crippen LogP contribution is -2.09. The minimum atomic E-state index is 1.24. The minimum Gasteiger partial charge on any atom is -0.0654 e. The standard InChI is InChI=1S/C30H48/c1-6-11-17-24-18-16-23-29-27(21-14-9-4)25(19-12-7-2)26(20-13-8-3)28(30(24)29)22-15-10-5/h16,18,23H,6-15,17,19-22H2,1-5H3. The first kappa shape index (κ1) is 25.0. The van der Waals surface area contributed by atoms with Crippen LogP contribution in [0.25, 0.3) is 10.8 Å². The van der Waals surface area contributed by atoms with E-state index in [9.17, 15) is 0 Å². The zero-order valence-corrected chi connectivity index (χ0v) is 20.8. The van der Waals surface area contributed by atoms with Gasteiger partial charge in [-0.05, 0) is 103 Å². The quantitative estimate of drug-likeness (QED) is 0.275. The van der Waals surface area contributed by atoms with Crippen molar-refractivity contribution in [3.8, 4) is 0 Å². The second-order valence-corrected chi connectivity index (χ2v) is 9.27. The topological polar surface area (TPSA) is 0 Å². The molecule has 0 bridgehead atoms. The largest absolute Gasteiger partial charge is 0.0654 e. The molecule has 0 aliphatic heterocycles. The van der Waals surface area contributed by atoms with Gasteiger partial charge in [0.2, 0.25) is 0 Å². The van der Waals surface area contributed by atoms with E-state index in [1.807, 2.05) is 0 Å². The van der Waals surface area contributed by atoms with E-state index < -0.39 is 0 Å². The Morgan fingerprint density at radius 1 is 0.467 bits per heavy atom. The van der Waals surface area contributed by atoms with Crippen LogP contribution in [0, 0.1) is 0 Å². The van der Waals surface area contributed by atoms with E-state index in [4.69, 9.17) is 0 Å². The molecule has 0 saturated heterocycles. The first-order valence-corrected chi connectivity index (χ1v) is 13.3. The van der Waals surface area contributed by atoms with Crippen molar-refractivity contribution in [1.82, 2.24) is 0 Å². The van der Waals surface area contributed by atoms with Gasteiger partial charge in [-0.3, -0.25) is 0 Å². The molecule has 2 rings (SSSR count). The highest BCUT2D eigenvalue weighted by atomic mass is 14.2. The Hall–Kier alpha value is -1.30. The second kappa shape index (κ2) is 13.9. The fraction of sp³-hybridized carbons (Fsp3) is 0.667. The van der Waals surface area contributed by atoms with Crippen LogP contribution in [0.5, 0.6) is 0 Å². The van der Waals surface area contributed by atoms with Crippen molar-refractivity contribution in [3.05, 3.63) is 46.0 Å². The summed E-state index contributed by atoms with van der Waals surface area (Å²) in [5.74, 6) is 0. The number of aryl methyl sites for hydroxylation is 3. The predicted molar refractivity (Wildman–Crippen MR) is 137 cm³/mol. The second-order valence-electron chi connectivity index (χ2n) is 9.27. The molecule has 30 heavy (non-hydrogen) atoms. The molecule has 0 amide bonds. The number of rotatable bonds is 15. The summed E-state index contributed by atoms with van der Waals surface area (Å²) < 4.78 is 0. The van der Waals surface area contributed by atoms with Crippen LogP contribution >= 0.6 is 0 Å². The molecule has 0 aromatic heterocycles. The van der Waals surface area contributed by atoms with Crippen molar-refractivity contribution in [1.29, 1.82) is 0 Å². The molecular formula is C30H48. The molecule has 0 saturated carbocycles. The van der Waals surface area contributed by atoms with E-state index in [2.05, 4.69) is 52.8 Å². The highest BCUT2D eigenvalue weighted by Crippen LogP contribution is 2.37. The minimum absolute atomic E-state index is 1.24. The molecule has 0 fully saturated rings. The highest BCUT2D eigenvalue weighted by molar-refractivity contribution is 5.94. The summed E-state index contributed by atoms with van der Waals surface area (Å²) in [5.41, 5.74) is 8.59. The SMILES string of the molecule is CCCCc1c(CCCC)c(CCCC)c2c(CCCC)cccc2c1CCCC. The van der Waals surface area contributed by atoms with Gasteiger partial charge in [0.1, 0.15) is 0 Å². The Kier molecular flexibility index (Phi) is 11.6. The normalized spacial score (nSPS) is 11.5. The fourth-order valence-electron chi connectivity index (χ4n) is 5.04. The van der Waals surface area contributed by atoms with Crippen LogP contribution in [-0.4, -0.2) is 0 Å². The summed E-state index contributed by atoms with van der Waals surface area (Å²) in [5, 5.41) is 3.27. The lowest BCUT2D eigenvalue weighted by Gasteiger charge is -2.25. The number of unbranched alkanes of at least 4 members (excludes halogenated alkanes) is 5. The third-order valence-corrected chi connectivity index (χ3v) is 6.79. The average molecular weight is 409 g/mol. The molecule has 0 unspecified atom stereocenters. The molecule has 0 aliphatic carbocycles. The average Bonchev–Trinajstić information content (AvgIpc) is 2.77. The summed E-state index contributed by atoms with van der Waals surface area (Å²) in [6.45, 7) is 11.7. The Bertz CT molecular complexity index is 752. The third kappa shape index (κ3) is 6.35. The molecule has 0 radical (unpaired) electrons. The Labute approximate surface area is 187 Å². The van der Waals surface area contributed by atoms with Crippen LogP contribution in [0.3, 0.4) is 0 Å². The summed E-state index contributed by atoms with van der Waals surface area (Å²) in [6, 6.07) is 7.25. The van der Waals surface area contributed by atoms with E-state index in [1.165, 1.54) is 96.3 Å². The van der Waals surface area contributed by atoms with Crippen molar-refractivity contribution in [2.75, 3.05) is 0 Å². The van der Waals surface area contributed by atoms with Gasteiger partial charge < -0.3 is 0 Å². The Morgan fingerprint density at radius 2 is 0.900 bits per heavy atom. The summed E-state index contributed by atoms with van der Waals surface area (Å²) >= 11 is 0. The van der Waals surface area contributed by atoms with Gasteiger partial charge in [0.15, 0.2) is 0 Å². The van der Waals surface area contributed by atoms with Crippen molar-refractivity contribution in [3.63, 3.8) is 0 Å². The Balaban J connectivity index is 2.82. The highest BCUT2D eigenvalue weighted by Gasteiger charge is 2.20. The van der Waals surface area contributed by atoms with E-state index in [0.29, 0.717) is 0 Å². The van der Waals surface area contributed by atoms with E-state index in [1.54, 1.807) is 38.6 Å².